The van der Waals surface area contributed by atoms with Crippen LogP contribution in [0.25, 0.3) is 0 Å². The van der Waals surface area contributed by atoms with Crippen LogP contribution >= 0.6 is 11.3 Å². The summed E-state index contributed by atoms with van der Waals surface area (Å²) in [5.74, 6) is 0. The van der Waals surface area contributed by atoms with E-state index in [0.717, 1.165) is 31.2 Å². The van der Waals surface area contributed by atoms with Gasteiger partial charge in [0.15, 0.2) is 0 Å². The molecule has 2 aromatic heterocycles. The molecule has 2 unspecified atom stereocenters. The van der Waals surface area contributed by atoms with Crippen molar-refractivity contribution in [3.05, 3.63) is 39.6 Å². The molecule has 0 spiro atoms. The Morgan fingerprint density at radius 3 is 3.11 bits per heavy atom. The first kappa shape index (κ1) is 12.9. The maximum atomic E-state index is 10.2. The lowest BCUT2D eigenvalue weighted by Gasteiger charge is -2.24. The van der Waals surface area contributed by atoms with Crippen LogP contribution in [0.3, 0.4) is 0 Å². The van der Waals surface area contributed by atoms with Crippen molar-refractivity contribution in [2.24, 2.45) is 0 Å². The summed E-state index contributed by atoms with van der Waals surface area (Å²) in [6.45, 7) is 4.35. The molecule has 0 bridgehead atoms. The highest BCUT2D eigenvalue weighted by molar-refractivity contribution is 7.09. The molecule has 2 heterocycles. The number of hydrogen-bond donors (Lipinski definition) is 1. The molecular weight excluding hydrogens is 256 g/mol. The molecule has 2 aromatic rings. The Labute approximate surface area is 117 Å². The number of hydrogen-bond acceptors (Lipinski definition) is 3. The molecule has 1 aliphatic carbocycles. The molecular formula is C15H20N2OS. The third-order valence-corrected chi connectivity index (χ3v) is 4.93. The highest BCUT2D eigenvalue weighted by Crippen LogP contribution is 2.36. The third-order valence-electron chi connectivity index (χ3n) is 4.05. The Bertz CT molecular complexity index is 559. The summed E-state index contributed by atoms with van der Waals surface area (Å²) in [6.07, 6.45) is 5.67. The lowest BCUT2D eigenvalue weighted by atomic mass is 9.95. The molecule has 0 aromatic carbocycles. The summed E-state index contributed by atoms with van der Waals surface area (Å²) in [5.41, 5.74) is 3.70. The molecule has 3 nitrogen and oxygen atoms in total. The van der Waals surface area contributed by atoms with Gasteiger partial charge in [-0.15, -0.1) is 11.3 Å². The van der Waals surface area contributed by atoms with Gasteiger partial charge in [0.05, 0.1) is 12.1 Å². The van der Waals surface area contributed by atoms with Gasteiger partial charge in [-0.25, -0.2) is 4.98 Å². The van der Waals surface area contributed by atoms with Crippen molar-refractivity contribution in [2.45, 2.75) is 51.7 Å². The predicted octanol–water partition coefficient (Wildman–Crippen LogP) is 3.62. The van der Waals surface area contributed by atoms with Crippen molar-refractivity contribution in [3.63, 3.8) is 0 Å². The van der Waals surface area contributed by atoms with Crippen molar-refractivity contribution in [3.8, 4) is 0 Å². The normalized spacial score (nSPS) is 20.3. The Hall–Kier alpha value is -1.13. The number of rotatable bonds is 3. The van der Waals surface area contributed by atoms with Crippen molar-refractivity contribution in [1.82, 2.24) is 9.55 Å². The zero-order chi connectivity index (χ0) is 13.4. The van der Waals surface area contributed by atoms with Gasteiger partial charge in [0, 0.05) is 28.5 Å². The van der Waals surface area contributed by atoms with Gasteiger partial charge >= 0.3 is 0 Å². The molecule has 0 radical (unpaired) electrons. The number of fused-ring (bicyclic) bond motifs is 1. The minimum absolute atomic E-state index is 0.280. The molecule has 0 saturated heterocycles. The predicted molar refractivity (Wildman–Crippen MR) is 77.6 cm³/mol. The summed E-state index contributed by atoms with van der Waals surface area (Å²) >= 11 is 1.72. The molecule has 19 heavy (non-hydrogen) atoms. The van der Waals surface area contributed by atoms with Crippen LogP contribution in [-0.4, -0.2) is 14.7 Å². The minimum Gasteiger partial charge on any atom is -0.388 e. The molecule has 4 heteroatoms. The first-order valence-electron chi connectivity index (χ1n) is 7.00. The van der Waals surface area contributed by atoms with Gasteiger partial charge in [-0.3, -0.25) is 0 Å². The number of aromatic nitrogens is 2. The number of thiazole rings is 1. The van der Waals surface area contributed by atoms with Gasteiger partial charge in [0.1, 0.15) is 5.01 Å². The largest absolute Gasteiger partial charge is 0.388 e. The maximum absolute atomic E-state index is 10.2. The monoisotopic (exact) mass is 276 g/mol. The van der Waals surface area contributed by atoms with Crippen LogP contribution in [0.5, 0.6) is 0 Å². The van der Waals surface area contributed by atoms with Crippen molar-refractivity contribution >= 4 is 11.3 Å². The fourth-order valence-electron chi connectivity index (χ4n) is 3.20. The topological polar surface area (TPSA) is 38.0 Å². The van der Waals surface area contributed by atoms with E-state index < -0.39 is 0 Å². The van der Waals surface area contributed by atoms with Crippen LogP contribution in [0.15, 0.2) is 17.6 Å². The lowest BCUT2D eigenvalue weighted by molar-refractivity contribution is 0.155. The Morgan fingerprint density at radius 1 is 1.58 bits per heavy atom. The van der Waals surface area contributed by atoms with Gasteiger partial charge in [-0.05, 0) is 38.7 Å². The molecule has 0 saturated carbocycles. The summed E-state index contributed by atoms with van der Waals surface area (Å²) in [5, 5.41) is 13.4. The summed E-state index contributed by atoms with van der Waals surface area (Å²) in [6, 6.07) is 2.48. The fourth-order valence-corrected chi connectivity index (χ4v) is 4.01. The van der Waals surface area contributed by atoms with Gasteiger partial charge < -0.3 is 9.67 Å². The second-order valence-electron chi connectivity index (χ2n) is 5.26. The Balaban J connectivity index is 2.09. The Kier molecular flexibility index (Phi) is 3.46. The highest BCUT2D eigenvalue weighted by atomic mass is 32.1. The quantitative estimate of drug-likeness (QED) is 0.929. The van der Waals surface area contributed by atoms with E-state index in [1.54, 1.807) is 11.3 Å². The second kappa shape index (κ2) is 5.10. The van der Waals surface area contributed by atoms with Crippen LogP contribution in [0, 0.1) is 6.92 Å². The average molecular weight is 276 g/mol. The summed E-state index contributed by atoms with van der Waals surface area (Å²) < 4.78 is 2.40. The van der Waals surface area contributed by atoms with E-state index >= 15 is 0 Å². The van der Waals surface area contributed by atoms with Crippen LogP contribution in [0.1, 0.15) is 60.3 Å². The molecule has 1 aliphatic rings. The molecule has 3 rings (SSSR count). The maximum Gasteiger partial charge on any atom is 0.115 e. The zero-order valence-corrected chi connectivity index (χ0v) is 12.3. The van der Waals surface area contributed by atoms with Gasteiger partial charge in [0.2, 0.25) is 0 Å². The molecule has 0 fully saturated rings. The fraction of sp³-hybridized carbons (Fsp3) is 0.533. The molecule has 1 N–H and O–H groups in total. The average Bonchev–Trinajstić information content (AvgIpc) is 3.01. The van der Waals surface area contributed by atoms with Gasteiger partial charge in [-0.2, -0.15) is 0 Å². The van der Waals surface area contributed by atoms with E-state index in [0.29, 0.717) is 6.04 Å². The van der Waals surface area contributed by atoms with Crippen LogP contribution in [-0.2, 0) is 6.42 Å². The van der Waals surface area contributed by atoms with Crippen molar-refractivity contribution in [1.29, 1.82) is 0 Å². The highest BCUT2D eigenvalue weighted by Gasteiger charge is 2.27. The van der Waals surface area contributed by atoms with Crippen LogP contribution in [0.4, 0.5) is 0 Å². The van der Waals surface area contributed by atoms with Crippen molar-refractivity contribution in [2.75, 3.05) is 0 Å². The summed E-state index contributed by atoms with van der Waals surface area (Å²) in [7, 11) is 0. The zero-order valence-electron chi connectivity index (χ0n) is 11.5. The standard InChI is InChI=1S/C15H20N2OS/c1-3-12(15-16-7-8-19-15)17-10(2)9-11-13(17)5-4-6-14(11)18/h7-9,12,14,18H,3-6H2,1-2H3. The van der Waals surface area contributed by atoms with Crippen LogP contribution < -0.4 is 0 Å². The number of aliphatic hydroxyl groups is 1. The molecule has 2 atom stereocenters. The SMILES string of the molecule is CCC(c1nccs1)n1c(C)cc2c1CCCC2O. The minimum atomic E-state index is -0.280. The van der Waals surface area contributed by atoms with E-state index in [9.17, 15) is 5.11 Å². The first-order valence-corrected chi connectivity index (χ1v) is 7.88. The van der Waals surface area contributed by atoms with E-state index in [2.05, 4.69) is 29.5 Å². The third kappa shape index (κ3) is 2.13. The Morgan fingerprint density at radius 2 is 2.42 bits per heavy atom. The van der Waals surface area contributed by atoms with E-state index in [1.165, 1.54) is 16.4 Å². The summed E-state index contributed by atoms with van der Waals surface area (Å²) in [4.78, 5) is 4.49. The van der Waals surface area contributed by atoms with Crippen molar-refractivity contribution < 1.29 is 5.11 Å². The molecule has 0 amide bonds. The van der Waals surface area contributed by atoms with E-state index in [4.69, 9.17) is 0 Å². The number of aryl methyl sites for hydroxylation is 1. The van der Waals surface area contributed by atoms with Gasteiger partial charge in [0.25, 0.3) is 0 Å². The smallest absolute Gasteiger partial charge is 0.115 e. The van der Waals surface area contributed by atoms with Crippen LogP contribution in [0.2, 0.25) is 0 Å². The van der Waals surface area contributed by atoms with Gasteiger partial charge in [-0.1, -0.05) is 6.92 Å². The van der Waals surface area contributed by atoms with E-state index in [1.807, 2.05) is 11.6 Å². The lowest BCUT2D eigenvalue weighted by Crippen LogP contribution is -2.17. The second-order valence-corrected chi connectivity index (χ2v) is 6.19. The first-order chi connectivity index (χ1) is 9.22. The van der Waals surface area contributed by atoms with E-state index in [-0.39, 0.29) is 6.10 Å². The molecule has 102 valence electrons. The molecule has 0 aliphatic heterocycles. The number of aliphatic hydroxyl groups excluding tert-OH is 1. The number of nitrogens with zero attached hydrogens (tertiary/aromatic N) is 2.